The molecule has 0 bridgehead atoms. The van der Waals surface area contributed by atoms with Crippen molar-refractivity contribution < 1.29 is 4.79 Å². The standard InChI is InChI=1S/C10H8BrNOS/c11-3-6-2-10-8(1-7(6)4-13)9(12)5-14-10/h1-2,4-5H,3,12H2. The summed E-state index contributed by atoms with van der Waals surface area (Å²) in [6.45, 7) is 0. The van der Waals surface area contributed by atoms with Crippen LogP contribution in [0, 0.1) is 0 Å². The zero-order chi connectivity index (χ0) is 10.1. The van der Waals surface area contributed by atoms with Crippen LogP contribution < -0.4 is 5.73 Å². The van der Waals surface area contributed by atoms with Crippen LogP contribution in [0.1, 0.15) is 15.9 Å². The molecular formula is C10H8BrNOS. The van der Waals surface area contributed by atoms with Crippen LogP contribution in [0.4, 0.5) is 5.69 Å². The molecule has 1 heterocycles. The van der Waals surface area contributed by atoms with Crippen LogP contribution in [0.2, 0.25) is 0 Å². The van der Waals surface area contributed by atoms with Gasteiger partial charge in [-0.05, 0) is 17.7 Å². The third-order valence-corrected chi connectivity index (χ3v) is 3.70. The number of fused-ring (bicyclic) bond motifs is 1. The quantitative estimate of drug-likeness (QED) is 0.672. The molecule has 1 aromatic heterocycles. The van der Waals surface area contributed by atoms with Crippen molar-refractivity contribution >= 4 is 49.3 Å². The maximum absolute atomic E-state index is 10.8. The lowest BCUT2D eigenvalue weighted by molar-refractivity contribution is 0.112. The molecule has 14 heavy (non-hydrogen) atoms. The number of halogens is 1. The monoisotopic (exact) mass is 269 g/mol. The molecule has 4 heteroatoms. The van der Waals surface area contributed by atoms with Gasteiger partial charge in [-0.1, -0.05) is 15.9 Å². The van der Waals surface area contributed by atoms with Crippen LogP contribution in [0.25, 0.3) is 10.1 Å². The highest BCUT2D eigenvalue weighted by Crippen LogP contribution is 2.30. The summed E-state index contributed by atoms with van der Waals surface area (Å²) in [6.07, 6.45) is 0.868. The van der Waals surface area contributed by atoms with Crippen molar-refractivity contribution in [2.24, 2.45) is 0 Å². The highest BCUT2D eigenvalue weighted by molar-refractivity contribution is 9.08. The van der Waals surface area contributed by atoms with Crippen LogP contribution >= 0.6 is 27.3 Å². The second-order valence-electron chi connectivity index (χ2n) is 2.99. The summed E-state index contributed by atoms with van der Waals surface area (Å²) in [5, 5.41) is 3.56. The maximum Gasteiger partial charge on any atom is 0.150 e. The molecule has 0 radical (unpaired) electrons. The van der Waals surface area contributed by atoms with E-state index in [1.54, 1.807) is 11.3 Å². The van der Waals surface area contributed by atoms with Crippen molar-refractivity contribution in [1.29, 1.82) is 0 Å². The SMILES string of the molecule is Nc1csc2cc(CBr)c(C=O)cc12. The largest absolute Gasteiger partial charge is 0.398 e. The van der Waals surface area contributed by atoms with Crippen molar-refractivity contribution in [3.63, 3.8) is 0 Å². The van der Waals surface area contributed by atoms with E-state index in [0.29, 0.717) is 10.9 Å². The Kier molecular flexibility index (Phi) is 2.56. The fourth-order valence-corrected chi connectivity index (χ4v) is 2.76. The molecule has 0 fully saturated rings. The van der Waals surface area contributed by atoms with Crippen molar-refractivity contribution in [2.45, 2.75) is 5.33 Å². The number of hydrogen-bond donors (Lipinski definition) is 1. The number of benzene rings is 1. The van der Waals surface area contributed by atoms with E-state index in [0.717, 1.165) is 27.6 Å². The minimum absolute atomic E-state index is 0.689. The summed E-state index contributed by atoms with van der Waals surface area (Å²) >= 11 is 4.96. The number of anilines is 1. The van der Waals surface area contributed by atoms with E-state index < -0.39 is 0 Å². The summed E-state index contributed by atoms with van der Waals surface area (Å²) in [6, 6.07) is 3.86. The number of nitrogens with two attached hydrogens (primary N) is 1. The Bertz CT molecular complexity index is 492. The first-order valence-corrected chi connectivity index (χ1v) is 6.07. The fraction of sp³-hybridized carbons (Fsp3) is 0.100. The van der Waals surface area contributed by atoms with E-state index in [1.165, 1.54) is 0 Å². The Balaban J connectivity index is 2.77. The van der Waals surface area contributed by atoms with Gasteiger partial charge in [0.2, 0.25) is 0 Å². The zero-order valence-electron chi connectivity index (χ0n) is 7.29. The molecule has 0 amide bonds. The molecule has 0 aliphatic carbocycles. The van der Waals surface area contributed by atoms with Gasteiger partial charge in [-0.3, -0.25) is 4.79 Å². The molecule has 1 aromatic carbocycles. The summed E-state index contributed by atoms with van der Waals surface area (Å²) in [5.41, 5.74) is 8.24. The lowest BCUT2D eigenvalue weighted by Gasteiger charge is -2.01. The van der Waals surface area contributed by atoms with Gasteiger partial charge >= 0.3 is 0 Å². The van der Waals surface area contributed by atoms with Crippen LogP contribution in [-0.2, 0) is 5.33 Å². The van der Waals surface area contributed by atoms with E-state index in [2.05, 4.69) is 15.9 Å². The topological polar surface area (TPSA) is 43.1 Å². The third kappa shape index (κ3) is 1.44. The maximum atomic E-state index is 10.8. The van der Waals surface area contributed by atoms with Gasteiger partial charge in [0.05, 0.1) is 5.69 Å². The van der Waals surface area contributed by atoms with Gasteiger partial charge in [0.25, 0.3) is 0 Å². The number of hydrogen-bond acceptors (Lipinski definition) is 3. The van der Waals surface area contributed by atoms with E-state index in [-0.39, 0.29) is 0 Å². The molecule has 72 valence electrons. The number of nitrogen functional groups attached to an aromatic ring is 1. The van der Waals surface area contributed by atoms with Crippen molar-refractivity contribution in [2.75, 3.05) is 5.73 Å². The molecular weight excluding hydrogens is 262 g/mol. The highest BCUT2D eigenvalue weighted by Gasteiger charge is 2.06. The van der Waals surface area contributed by atoms with Crippen LogP contribution in [0.15, 0.2) is 17.5 Å². The molecule has 0 spiro atoms. The second kappa shape index (κ2) is 3.71. The number of thiophene rings is 1. The normalized spacial score (nSPS) is 10.6. The van der Waals surface area contributed by atoms with Gasteiger partial charge in [0.15, 0.2) is 0 Å². The molecule has 0 saturated heterocycles. The summed E-state index contributed by atoms with van der Waals surface area (Å²) < 4.78 is 1.13. The molecule has 2 N–H and O–H groups in total. The van der Waals surface area contributed by atoms with Crippen LogP contribution in [-0.4, -0.2) is 6.29 Å². The lowest BCUT2D eigenvalue weighted by atomic mass is 10.1. The Morgan fingerprint density at radius 2 is 2.29 bits per heavy atom. The molecule has 0 aliphatic rings. The van der Waals surface area contributed by atoms with Crippen molar-refractivity contribution in [3.05, 3.63) is 28.6 Å². The Hall–Kier alpha value is -0.870. The number of carbonyl (C=O) groups excluding carboxylic acids is 1. The van der Waals surface area contributed by atoms with E-state index in [1.807, 2.05) is 17.5 Å². The molecule has 2 nitrogen and oxygen atoms in total. The summed E-state index contributed by atoms with van der Waals surface area (Å²) in [5.74, 6) is 0. The Labute approximate surface area is 93.9 Å². The Morgan fingerprint density at radius 3 is 2.93 bits per heavy atom. The molecule has 0 aliphatic heterocycles. The first-order valence-electron chi connectivity index (χ1n) is 4.07. The highest BCUT2D eigenvalue weighted by atomic mass is 79.9. The number of carbonyl (C=O) groups is 1. The second-order valence-corrected chi connectivity index (χ2v) is 4.46. The van der Waals surface area contributed by atoms with Crippen LogP contribution in [0.5, 0.6) is 0 Å². The van der Waals surface area contributed by atoms with E-state index in [4.69, 9.17) is 5.73 Å². The molecule has 0 unspecified atom stereocenters. The first kappa shape index (κ1) is 9.68. The van der Waals surface area contributed by atoms with Crippen molar-refractivity contribution in [1.82, 2.24) is 0 Å². The molecule has 0 saturated carbocycles. The average Bonchev–Trinajstić information content (AvgIpc) is 2.58. The first-order chi connectivity index (χ1) is 6.76. The number of rotatable bonds is 2. The van der Waals surface area contributed by atoms with Crippen LogP contribution in [0.3, 0.4) is 0 Å². The van der Waals surface area contributed by atoms with E-state index in [9.17, 15) is 4.79 Å². The number of aldehydes is 1. The smallest absolute Gasteiger partial charge is 0.150 e. The van der Waals surface area contributed by atoms with Gasteiger partial charge in [0.1, 0.15) is 6.29 Å². The van der Waals surface area contributed by atoms with E-state index >= 15 is 0 Å². The third-order valence-electron chi connectivity index (χ3n) is 2.14. The van der Waals surface area contributed by atoms with Gasteiger partial charge in [-0.2, -0.15) is 0 Å². The fourth-order valence-electron chi connectivity index (χ4n) is 1.38. The predicted molar refractivity (Wildman–Crippen MR) is 64.3 cm³/mol. The van der Waals surface area contributed by atoms with Gasteiger partial charge < -0.3 is 5.73 Å². The van der Waals surface area contributed by atoms with Gasteiger partial charge in [-0.15, -0.1) is 11.3 Å². The Morgan fingerprint density at radius 1 is 1.50 bits per heavy atom. The van der Waals surface area contributed by atoms with Crippen molar-refractivity contribution in [3.8, 4) is 0 Å². The average molecular weight is 270 g/mol. The molecule has 2 aromatic rings. The number of alkyl halides is 1. The van der Waals surface area contributed by atoms with Gasteiger partial charge in [0, 0.05) is 26.4 Å². The predicted octanol–water partition coefficient (Wildman–Crippen LogP) is 3.19. The lowest BCUT2D eigenvalue weighted by Crippen LogP contribution is -1.89. The molecule has 2 rings (SSSR count). The minimum Gasteiger partial charge on any atom is -0.398 e. The zero-order valence-corrected chi connectivity index (χ0v) is 9.69. The summed E-state index contributed by atoms with van der Waals surface area (Å²) in [7, 11) is 0. The minimum atomic E-state index is 0.689. The molecule has 0 atom stereocenters. The summed E-state index contributed by atoms with van der Waals surface area (Å²) in [4.78, 5) is 10.8. The van der Waals surface area contributed by atoms with Gasteiger partial charge in [-0.25, -0.2) is 0 Å².